The highest BCUT2D eigenvalue weighted by atomic mass is 19.3. The van der Waals surface area contributed by atoms with Gasteiger partial charge in [-0.1, -0.05) is 13.8 Å². The first-order valence-electron chi connectivity index (χ1n) is 15.2. The highest BCUT2D eigenvalue weighted by molar-refractivity contribution is 5.77. The second-order valence-corrected chi connectivity index (χ2v) is 12.4. The van der Waals surface area contributed by atoms with E-state index in [0.717, 1.165) is 17.8 Å². The Hall–Kier alpha value is -5.08. The number of pyridine rings is 2. The van der Waals surface area contributed by atoms with Crippen LogP contribution in [0.1, 0.15) is 78.6 Å². The molecule has 0 spiro atoms. The van der Waals surface area contributed by atoms with Crippen LogP contribution in [0.25, 0.3) is 16.7 Å². The molecule has 7 rings (SSSR count). The Morgan fingerprint density at radius 3 is 2.50 bits per heavy atom. The molecule has 248 valence electrons. The van der Waals surface area contributed by atoms with Gasteiger partial charge in [-0.15, -0.1) is 0 Å². The fraction of sp³-hybridized carbons (Fsp3) is 0.333. The lowest BCUT2D eigenvalue weighted by molar-refractivity contribution is -0.123. The lowest BCUT2D eigenvalue weighted by Crippen LogP contribution is -2.38. The highest BCUT2D eigenvalue weighted by Crippen LogP contribution is 2.68. The molecule has 15 heteroatoms. The summed E-state index contributed by atoms with van der Waals surface area (Å²) in [5.74, 6) is -8.14. The zero-order valence-corrected chi connectivity index (χ0v) is 25.5. The zero-order chi connectivity index (χ0) is 34.1. The summed E-state index contributed by atoms with van der Waals surface area (Å²) >= 11 is 0. The van der Waals surface area contributed by atoms with Crippen molar-refractivity contribution < 1.29 is 31.1 Å². The first kappa shape index (κ1) is 31.5. The predicted molar refractivity (Wildman–Crippen MR) is 160 cm³/mol. The van der Waals surface area contributed by atoms with Crippen LogP contribution in [-0.2, 0) is 23.7 Å². The van der Waals surface area contributed by atoms with E-state index in [2.05, 4.69) is 25.4 Å². The number of halogens is 6. The quantitative estimate of drug-likeness (QED) is 0.193. The van der Waals surface area contributed by atoms with Gasteiger partial charge in [-0.05, 0) is 60.2 Å². The van der Waals surface area contributed by atoms with Crippen molar-refractivity contribution in [2.75, 3.05) is 0 Å². The van der Waals surface area contributed by atoms with Crippen molar-refractivity contribution in [3.63, 3.8) is 0 Å². The van der Waals surface area contributed by atoms with Crippen LogP contribution in [0, 0.1) is 17.6 Å². The molecule has 2 unspecified atom stereocenters. The van der Waals surface area contributed by atoms with Crippen LogP contribution >= 0.6 is 0 Å². The van der Waals surface area contributed by atoms with Crippen molar-refractivity contribution in [1.29, 1.82) is 0 Å². The molecule has 9 nitrogen and oxygen atoms in total. The predicted octanol–water partition coefficient (Wildman–Crippen LogP) is 6.02. The minimum Gasteiger partial charge on any atom is -0.344 e. The smallest absolute Gasteiger partial charge is 0.293 e. The van der Waals surface area contributed by atoms with Gasteiger partial charge < -0.3 is 5.32 Å². The molecule has 0 saturated heterocycles. The molecule has 1 amide bonds. The molecule has 0 bridgehead atoms. The normalized spacial score (nSPS) is 18.3. The summed E-state index contributed by atoms with van der Waals surface area (Å²) in [6, 6.07) is 7.81. The number of nitrogens with zero attached hydrogens (tertiary/aromatic N) is 6. The second kappa shape index (κ2) is 11.6. The maximum atomic E-state index is 15.2. The Balaban J connectivity index is 1.33. The number of benzene rings is 1. The van der Waals surface area contributed by atoms with Crippen molar-refractivity contribution in [2.24, 2.45) is 5.92 Å². The Morgan fingerprint density at radius 2 is 1.83 bits per heavy atom. The summed E-state index contributed by atoms with van der Waals surface area (Å²) in [6.07, 6.45) is -0.551. The molecule has 0 radical (unpaired) electrons. The molecule has 48 heavy (non-hydrogen) atoms. The van der Waals surface area contributed by atoms with Crippen molar-refractivity contribution in [3.05, 3.63) is 111 Å². The lowest BCUT2D eigenvalue weighted by atomic mass is 10.0. The Kier molecular flexibility index (Phi) is 7.59. The van der Waals surface area contributed by atoms with E-state index in [4.69, 9.17) is 0 Å². The molecular formula is C33H27F6N7O2. The van der Waals surface area contributed by atoms with Crippen molar-refractivity contribution in [3.8, 4) is 5.69 Å². The standard InChI is InChI=1S/C33H27F6N7O2/c1-15(2)23-6-5-19(13-41-23)46-31(43-30-20(32(46)48)4-3-7-40-30)24(10-16-8-17(34)11-18(35)9-16)42-25(47)14-45-28-26(27(44-45)29(36)37)21-12-22(21)33(28,38)39/h3-9,11,13,15,21-22,24,29H,10,12,14H2,1-2H3,(H,42,47)/t21-,22?,24?/m0/s1. The summed E-state index contributed by atoms with van der Waals surface area (Å²) in [4.78, 5) is 40.8. The van der Waals surface area contributed by atoms with Gasteiger partial charge in [-0.25, -0.2) is 27.5 Å². The van der Waals surface area contributed by atoms with E-state index >= 15 is 8.78 Å². The van der Waals surface area contributed by atoms with Crippen LogP contribution in [0.2, 0.25) is 0 Å². The number of hydrogen-bond donors (Lipinski definition) is 1. The van der Waals surface area contributed by atoms with E-state index in [-0.39, 0.29) is 52.4 Å². The van der Waals surface area contributed by atoms with Gasteiger partial charge >= 0.3 is 0 Å². The molecule has 5 aromatic rings. The Bertz CT molecular complexity index is 2110. The minimum atomic E-state index is -3.46. The fourth-order valence-corrected chi connectivity index (χ4v) is 6.52. The summed E-state index contributed by atoms with van der Waals surface area (Å²) in [6.45, 7) is 2.99. The number of hydrogen-bond acceptors (Lipinski definition) is 6. The zero-order valence-electron chi connectivity index (χ0n) is 25.5. The Morgan fingerprint density at radius 1 is 1.08 bits per heavy atom. The van der Waals surface area contributed by atoms with Crippen LogP contribution < -0.4 is 10.9 Å². The SMILES string of the molecule is CC(C)c1ccc(-n2c(C(Cc3cc(F)cc(F)c3)NC(=O)Cn3nc(C(F)F)c4c3C(F)(F)C3C[C@H]43)nc3ncccc3c2=O)cn1. The van der Waals surface area contributed by atoms with Crippen molar-refractivity contribution >= 4 is 16.9 Å². The third kappa shape index (κ3) is 5.40. The molecule has 1 aromatic carbocycles. The second-order valence-electron chi connectivity index (χ2n) is 12.4. The number of carbonyl (C=O) groups excluding carboxylic acids is 1. The van der Waals surface area contributed by atoms with Gasteiger partial charge in [0.25, 0.3) is 17.9 Å². The number of nitrogens with one attached hydrogen (secondary N) is 1. The van der Waals surface area contributed by atoms with Crippen LogP contribution in [0.15, 0.2) is 59.7 Å². The van der Waals surface area contributed by atoms with E-state index in [1.54, 1.807) is 18.2 Å². The molecule has 3 atom stereocenters. The van der Waals surface area contributed by atoms with E-state index in [9.17, 15) is 27.2 Å². The number of amides is 1. The first-order valence-corrected chi connectivity index (χ1v) is 15.2. The molecule has 2 aliphatic rings. The van der Waals surface area contributed by atoms with Gasteiger partial charge in [-0.3, -0.25) is 23.8 Å². The topological polar surface area (TPSA) is 108 Å². The van der Waals surface area contributed by atoms with E-state index in [0.29, 0.717) is 10.7 Å². The average molecular weight is 668 g/mol. The van der Waals surface area contributed by atoms with E-state index in [1.807, 2.05) is 13.8 Å². The average Bonchev–Trinajstić information content (AvgIpc) is 3.69. The number of carbonyl (C=O) groups is 1. The van der Waals surface area contributed by atoms with Crippen molar-refractivity contribution in [2.45, 2.75) is 63.5 Å². The van der Waals surface area contributed by atoms with Crippen molar-refractivity contribution in [1.82, 2.24) is 34.6 Å². The summed E-state index contributed by atoms with van der Waals surface area (Å²) < 4.78 is 88.5. The van der Waals surface area contributed by atoms with Gasteiger partial charge in [-0.2, -0.15) is 13.9 Å². The van der Waals surface area contributed by atoms with Crippen LogP contribution in [-0.4, -0.2) is 35.2 Å². The number of rotatable bonds is 9. The third-order valence-corrected chi connectivity index (χ3v) is 8.76. The molecule has 0 aliphatic heterocycles. The number of fused-ring (bicyclic) bond motifs is 4. The summed E-state index contributed by atoms with van der Waals surface area (Å²) in [5.41, 5.74) is -1.26. The highest BCUT2D eigenvalue weighted by Gasteiger charge is 2.67. The van der Waals surface area contributed by atoms with E-state index < -0.39 is 71.3 Å². The largest absolute Gasteiger partial charge is 0.344 e. The molecule has 1 N–H and O–H groups in total. The number of aromatic nitrogens is 6. The Labute approximate surface area is 268 Å². The van der Waals surface area contributed by atoms with Gasteiger partial charge in [0.2, 0.25) is 5.91 Å². The minimum absolute atomic E-state index is 0.00974. The van der Waals surface area contributed by atoms with Crippen LogP contribution in [0.5, 0.6) is 0 Å². The summed E-state index contributed by atoms with van der Waals surface area (Å²) in [7, 11) is 0. The molecule has 2 aliphatic carbocycles. The molecule has 4 aromatic heterocycles. The van der Waals surface area contributed by atoms with Gasteiger partial charge in [0.15, 0.2) is 5.65 Å². The first-order chi connectivity index (χ1) is 22.8. The van der Waals surface area contributed by atoms with Crippen LogP contribution in [0.4, 0.5) is 26.3 Å². The maximum Gasteiger partial charge on any atom is 0.293 e. The number of alkyl halides is 4. The molecular weight excluding hydrogens is 640 g/mol. The molecule has 1 saturated carbocycles. The monoisotopic (exact) mass is 667 g/mol. The van der Waals surface area contributed by atoms with Gasteiger partial charge in [0.1, 0.15) is 35.4 Å². The van der Waals surface area contributed by atoms with Gasteiger partial charge in [0, 0.05) is 35.9 Å². The maximum absolute atomic E-state index is 15.2. The third-order valence-electron chi connectivity index (χ3n) is 8.76. The van der Waals surface area contributed by atoms with Gasteiger partial charge in [0.05, 0.1) is 23.3 Å². The summed E-state index contributed by atoms with van der Waals surface area (Å²) in [5, 5.41) is 6.47. The molecule has 4 heterocycles. The van der Waals surface area contributed by atoms with E-state index in [1.165, 1.54) is 23.0 Å². The van der Waals surface area contributed by atoms with Crippen LogP contribution in [0.3, 0.4) is 0 Å². The lowest BCUT2D eigenvalue weighted by Gasteiger charge is -2.23. The fourth-order valence-electron chi connectivity index (χ4n) is 6.52. The molecule has 1 fully saturated rings.